The van der Waals surface area contributed by atoms with Crippen LogP contribution < -0.4 is 0 Å². The molecule has 7 nitrogen and oxygen atoms in total. The summed E-state index contributed by atoms with van der Waals surface area (Å²) in [6, 6.07) is 0. The Kier molecular flexibility index (Phi) is 3.74. The van der Waals surface area contributed by atoms with E-state index in [2.05, 4.69) is 5.18 Å². The van der Waals surface area contributed by atoms with Crippen molar-refractivity contribution in [3.63, 3.8) is 0 Å². The Morgan fingerprint density at radius 2 is 2.05 bits per heavy atom. The number of ketones is 1. The van der Waals surface area contributed by atoms with Crippen LogP contribution in [0.5, 0.6) is 0 Å². The van der Waals surface area contributed by atoms with Crippen molar-refractivity contribution in [2.75, 3.05) is 13.2 Å². The summed E-state index contributed by atoms with van der Waals surface area (Å²) >= 11 is 0. The van der Waals surface area contributed by atoms with Gasteiger partial charge in [0.05, 0.1) is 13.2 Å². The number of nitroso groups, excluding NO2 is 1. The molecule has 2 fully saturated rings. The summed E-state index contributed by atoms with van der Waals surface area (Å²) in [5, 5.41) is 2.83. The Morgan fingerprint density at radius 3 is 2.58 bits per heavy atom. The van der Waals surface area contributed by atoms with E-state index >= 15 is 0 Å². The van der Waals surface area contributed by atoms with E-state index in [0.29, 0.717) is 6.61 Å². The van der Waals surface area contributed by atoms with Crippen LogP contribution >= 0.6 is 0 Å². The topological polar surface area (TPSA) is 83.4 Å². The van der Waals surface area contributed by atoms with Crippen LogP contribution in [0.2, 0.25) is 0 Å². The normalized spacial score (nSPS) is 34.7. The second-order valence-corrected chi connectivity index (χ2v) is 5.67. The maximum Gasteiger partial charge on any atom is 0.195 e. The van der Waals surface area contributed by atoms with Gasteiger partial charge in [0.25, 0.3) is 0 Å². The van der Waals surface area contributed by atoms with Gasteiger partial charge in [-0.15, -0.1) is 4.91 Å². The Balaban J connectivity index is 1.97. The van der Waals surface area contributed by atoms with Gasteiger partial charge in [-0.2, -0.15) is 0 Å². The average Bonchev–Trinajstić information content (AvgIpc) is 2.83. The average molecular weight is 273 g/mol. The van der Waals surface area contributed by atoms with Gasteiger partial charge in [0, 0.05) is 0 Å². The van der Waals surface area contributed by atoms with Crippen LogP contribution in [-0.4, -0.2) is 48.8 Å². The summed E-state index contributed by atoms with van der Waals surface area (Å²) in [7, 11) is 0. The molecule has 3 unspecified atom stereocenters. The Bertz CT molecular complexity index is 380. The van der Waals surface area contributed by atoms with Gasteiger partial charge in [0.15, 0.2) is 17.3 Å². The van der Waals surface area contributed by atoms with Gasteiger partial charge in [-0.05, 0) is 32.9 Å². The Hall–Kier alpha value is -0.890. The molecule has 0 radical (unpaired) electrons. The van der Waals surface area contributed by atoms with Crippen molar-refractivity contribution >= 4 is 5.78 Å². The number of rotatable bonds is 4. The summed E-state index contributed by atoms with van der Waals surface area (Å²) in [5.74, 6) is -0.945. The fourth-order valence-corrected chi connectivity index (χ4v) is 2.16. The van der Waals surface area contributed by atoms with Crippen LogP contribution in [0, 0.1) is 4.91 Å². The van der Waals surface area contributed by atoms with E-state index in [1.54, 1.807) is 13.8 Å². The molecule has 0 aromatic carbocycles. The van der Waals surface area contributed by atoms with Crippen molar-refractivity contribution < 1.29 is 23.7 Å². The molecule has 0 N–H and O–H groups in total. The summed E-state index contributed by atoms with van der Waals surface area (Å²) in [4.78, 5) is 22.7. The molecular weight excluding hydrogens is 254 g/mol. The molecule has 19 heavy (non-hydrogen) atoms. The van der Waals surface area contributed by atoms with Crippen LogP contribution in [0.15, 0.2) is 5.18 Å². The van der Waals surface area contributed by atoms with Crippen molar-refractivity contribution in [2.24, 2.45) is 5.18 Å². The molecule has 0 bridgehead atoms. The molecule has 2 rings (SSSR count). The number of hydrogen-bond acceptors (Lipinski definition) is 7. The van der Waals surface area contributed by atoms with E-state index in [1.165, 1.54) is 13.8 Å². The molecule has 2 aliphatic rings. The van der Waals surface area contributed by atoms with Crippen molar-refractivity contribution in [1.82, 2.24) is 0 Å². The molecule has 0 aromatic rings. The number of carbonyl (C=O) groups excluding carboxylic acids is 1. The molecule has 108 valence electrons. The third kappa shape index (κ3) is 3.17. The first-order chi connectivity index (χ1) is 8.74. The summed E-state index contributed by atoms with van der Waals surface area (Å²) in [6.45, 7) is 6.95. The molecule has 7 heteroatoms. The highest BCUT2D eigenvalue weighted by atomic mass is 16.8. The minimum Gasteiger partial charge on any atom is -0.364 e. The van der Waals surface area contributed by atoms with E-state index < -0.39 is 29.8 Å². The van der Waals surface area contributed by atoms with Crippen LogP contribution in [-0.2, 0) is 23.7 Å². The second kappa shape index (κ2) is 4.90. The van der Waals surface area contributed by atoms with Crippen molar-refractivity contribution in [2.45, 2.75) is 57.5 Å². The zero-order valence-electron chi connectivity index (χ0n) is 11.5. The number of hydrogen-bond donors (Lipinski definition) is 0. The molecular formula is C12H19NO6. The standard InChI is InChI=1S/C12H19NO6/c1-11(2,13-15)18-7-5-16-10(9(7)14)8-6-17-12(3,4)19-8/h7-8,10H,5-6H2,1-4H3. The Labute approximate surface area is 111 Å². The van der Waals surface area contributed by atoms with Crippen LogP contribution in [0.25, 0.3) is 0 Å². The van der Waals surface area contributed by atoms with Gasteiger partial charge in [-0.25, -0.2) is 0 Å². The summed E-state index contributed by atoms with van der Waals surface area (Å²) in [6.07, 6.45) is -1.94. The maximum atomic E-state index is 12.2. The zero-order chi connectivity index (χ0) is 14.3. The lowest BCUT2D eigenvalue weighted by molar-refractivity contribution is -0.157. The molecule has 0 saturated carbocycles. The molecule has 3 atom stereocenters. The van der Waals surface area contributed by atoms with Crippen LogP contribution in [0.3, 0.4) is 0 Å². The van der Waals surface area contributed by atoms with Crippen molar-refractivity contribution in [1.29, 1.82) is 0 Å². The lowest BCUT2D eigenvalue weighted by Gasteiger charge is -2.21. The van der Waals surface area contributed by atoms with E-state index in [1.807, 2.05) is 0 Å². The highest BCUT2D eigenvalue weighted by molar-refractivity contribution is 5.89. The molecule has 0 aliphatic carbocycles. The lowest BCUT2D eigenvalue weighted by atomic mass is 10.1. The molecule has 0 amide bonds. The van der Waals surface area contributed by atoms with Gasteiger partial charge in [0.1, 0.15) is 18.3 Å². The summed E-state index contributed by atoms with van der Waals surface area (Å²) < 4.78 is 21.8. The number of nitrogens with zero attached hydrogens (tertiary/aromatic N) is 1. The van der Waals surface area contributed by atoms with Gasteiger partial charge in [-0.3, -0.25) is 4.79 Å². The van der Waals surface area contributed by atoms with Gasteiger partial charge in [-0.1, -0.05) is 0 Å². The summed E-state index contributed by atoms with van der Waals surface area (Å²) in [5.41, 5.74) is -1.25. The highest BCUT2D eigenvalue weighted by Gasteiger charge is 2.48. The predicted molar refractivity (Wildman–Crippen MR) is 64.4 cm³/mol. The fourth-order valence-electron chi connectivity index (χ4n) is 2.16. The van der Waals surface area contributed by atoms with Crippen LogP contribution in [0.4, 0.5) is 0 Å². The minimum absolute atomic E-state index is 0.0999. The lowest BCUT2D eigenvalue weighted by Crippen LogP contribution is -2.40. The first-order valence-electron chi connectivity index (χ1n) is 6.23. The number of Topliss-reactive ketones (excluding diaryl/α,β-unsaturated/α-hetero) is 1. The highest BCUT2D eigenvalue weighted by Crippen LogP contribution is 2.29. The number of ether oxygens (including phenoxy) is 4. The first-order valence-corrected chi connectivity index (χ1v) is 6.23. The third-order valence-corrected chi connectivity index (χ3v) is 3.04. The van der Waals surface area contributed by atoms with Crippen molar-refractivity contribution in [3.8, 4) is 0 Å². The fraction of sp³-hybridized carbons (Fsp3) is 0.917. The van der Waals surface area contributed by atoms with E-state index in [-0.39, 0.29) is 12.4 Å². The smallest absolute Gasteiger partial charge is 0.195 e. The largest absolute Gasteiger partial charge is 0.364 e. The minimum atomic E-state index is -1.25. The predicted octanol–water partition coefficient (Wildman–Crippen LogP) is 0.993. The monoisotopic (exact) mass is 273 g/mol. The zero-order valence-corrected chi connectivity index (χ0v) is 11.5. The van der Waals surface area contributed by atoms with E-state index in [4.69, 9.17) is 18.9 Å². The molecule has 2 aliphatic heterocycles. The quantitative estimate of drug-likeness (QED) is 0.710. The third-order valence-electron chi connectivity index (χ3n) is 3.04. The molecule has 2 saturated heterocycles. The number of carbonyl (C=O) groups is 1. The molecule has 2 heterocycles. The molecule has 0 spiro atoms. The second-order valence-electron chi connectivity index (χ2n) is 5.67. The first kappa shape index (κ1) is 14.5. The Morgan fingerprint density at radius 1 is 1.37 bits per heavy atom. The maximum absolute atomic E-state index is 12.2. The van der Waals surface area contributed by atoms with E-state index in [0.717, 1.165) is 0 Å². The van der Waals surface area contributed by atoms with Gasteiger partial charge in [0.2, 0.25) is 0 Å². The van der Waals surface area contributed by atoms with Crippen molar-refractivity contribution in [3.05, 3.63) is 4.91 Å². The van der Waals surface area contributed by atoms with E-state index in [9.17, 15) is 9.70 Å². The van der Waals surface area contributed by atoms with Crippen LogP contribution in [0.1, 0.15) is 27.7 Å². The SMILES string of the molecule is CC(C)(N=O)OC1COC(C2COC(C)(C)O2)C1=O. The molecule has 0 aromatic heterocycles. The van der Waals surface area contributed by atoms with Gasteiger partial charge < -0.3 is 18.9 Å². The van der Waals surface area contributed by atoms with Gasteiger partial charge >= 0.3 is 0 Å².